The molecule has 2 aliphatic heterocycles. The summed E-state index contributed by atoms with van der Waals surface area (Å²) in [6.07, 6.45) is 3.42. The van der Waals surface area contributed by atoms with E-state index in [0.29, 0.717) is 45.1 Å². The lowest BCUT2D eigenvalue weighted by atomic mass is 9.42. The maximum absolute atomic E-state index is 12.5. The summed E-state index contributed by atoms with van der Waals surface area (Å²) in [5, 5.41) is 24.9. The number of ether oxygens (including phenoxy) is 6. The Bertz CT molecular complexity index is 1230. The SMILES string of the molecule is CO[C@@H]1[C@@H](OC(C)=O)[C@H](C)O[C@H](O[C@@H]2CC[C@]3(C)[C@@H]4CC[C@]5(C)[C@H](C6=CC(=O)OC6)CC[C@]5(O)[C@@H]4CC[C@]3(O)C2)[C@@H]1OC(C)=O. The molecule has 0 unspecified atom stereocenters. The van der Waals surface area contributed by atoms with E-state index in [-0.39, 0.29) is 35.2 Å². The highest BCUT2D eigenvalue weighted by Crippen LogP contribution is 2.70. The number of carbonyl (C=O) groups excluding carboxylic acids is 3. The van der Waals surface area contributed by atoms with Gasteiger partial charge in [-0.3, -0.25) is 9.59 Å². The number of rotatable bonds is 6. The minimum Gasteiger partial charge on any atom is -0.458 e. The lowest BCUT2D eigenvalue weighted by Gasteiger charge is -2.66. The van der Waals surface area contributed by atoms with Crippen LogP contribution in [0.1, 0.15) is 92.4 Å². The maximum atomic E-state index is 12.5. The van der Waals surface area contributed by atoms with Crippen molar-refractivity contribution < 1.29 is 53.0 Å². The normalized spacial score (nSPS) is 49.2. The lowest BCUT2D eigenvalue weighted by Crippen LogP contribution is -2.68. The Labute approximate surface area is 265 Å². The molecule has 2 heterocycles. The molecule has 0 bridgehead atoms. The zero-order chi connectivity index (χ0) is 32.5. The van der Waals surface area contributed by atoms with Crippen molar-refractivity contribution in [3.8, 4) is 0 Å². The number of aliphatic hydroxyl groups is 2. The number of hydrogen-bond acceptors (Lipinski definition) is 11. The fourth-order valence-electron chi connectivity index (χ4n) is 10.7. The van der Waals surface area contributed by atoms with Crippen LogP contribution in [0.5, 0.6) is 0 Å². The Morgan fingerprint density at radius 2 is 1.56 bits per heavy atom. The third-order valence-electron chi connectivity index (χ3n) is 13.0. The fourth-order valence-corrected chi connectivity index (χ4v) is 10.7. The van der Waals surface area contributed by atoms with Crippen LogP contribution in [-0.2, 0) is 42.8 Å². The highest BCUT2D eigenvalue weighted by atomic mass is 16.7. The van der Waals surface area contributed by atoms with Crippen LogP contribution in [0.3, 0.4) is 0 Å². The van der Waals surface area contributed by atoms with E-state index in [1.807, 2.05) is 0 Å². The second kappa shape index (κ2) is 11.6. The van der Waals surface area contributed by atoms with Gasteiger partial charge in [-0.25, -0.2) is 4.79 Å². The Morgan fingerprint density at radius 1 is 0.889 bits per heavy atom. The summed E-state index contributed by atoms with van der Waals surface area (Å²) in [4.78, 5) is 35.8. The molecule has 6 rings (SSSR count). The van der Waals surface area contributed by atoms with Crippen LogP contribution in [0.25, 0.3) is 0 Å². The topological polar surface area (TPSA) is 147 Å². The zero-order valence-electron chi connectivity index (χ0n) is 27.4. The highest BCUT2D eigenvalue weighted by Gasteiger charge is 2.70. The number of hydrogen-bond donors (Lipinski definition) is 2. The van der Waals surface area contributed by atoms with Crippen molar-refractivity contribution in [3.05, 3.63) is 11.6 Å². The first-order valence-corrected chi connectivity index (χ1v) is 16.7. The molecule has 11 nitrogen and oxygen atoms in total. The van der Waals surface area contributed by atoms with Gasteiger partial charge in [0.25, 0.3) is 0 Å². The molecule has 4 aliphatic carbocycles. The third-order valence-corrected chi connectivity index (χ3v) is 13.0. The summed E-state index contributed by atoms with van der Waals surface area (Å²) in [5.41, 5.74) is -1.63. The smallest absolute Gasteiger partial charge is 0.331 e. The van der Waals surface area contributed by atoms with Crippen molar-refractivity contribution in [1.82, 2.24) is 0 Å². The molecule has 0 aromatic carbocycles. The molecule has 11 heteroatoms. The van der Waals surface area contributed by atoms with Gasteiger partial charge in [0.05, 0.1) is 23.4 Å². The first-order chi connectivity index (χ1) is 21.2. The highest BCUT2D eigenvalue weighted by molar-refractivity contribution is 5.85. The molecule has 0 spiro atoms. The number of cyclic esters (lactones) is 1. The van der Waals surface area contributed by atoms with Gasteiger partial charge in [0, 0.05) is 38.9 Å². The second-order valence-corrected chi connectivity index (χ2v) is 15.1. The van der Waals surface area contributed by atoms with E-state index in [1.165, 1.54) is 21.0 Å². The first-order valence-electron chi connectivity index (χ1n) is 16.7. The van der Waals surface area contributed by atoms with Gasteiger partial charge in [0.15, 0.2) is 18.5 Å². The van der Waals surface area contributed by atoms with Crippen LogP contribution in [0.4, 0.5) is 0 Å². The van der Waals surface area contributed by atoms with E-state index < -0.39 is 59.3 Å². The summed E-state index contributed by atoms with van der Waals surface area (Å²) in [6, 6.07) is 0. The summed E-state index contributed by atoms with van der Waals surface area (Å²) in [7, 11) is 1.47. The largest absolute Gasteiger partial charge is 0.458 e. The monoisotopic (exact) mass is 634 g/mol. The standard InChI is InChI=1S/C34H50O11/c1-18-27(43-19(2)35)28(40-6)29(44-20(3)36)30(42-18)45-22-7-11-31(4)24-8-12-32(5)23(21-15-26(37)41-17-21)10-14-34(32,39)25(24)9-13-33(31,38)16-22/h15,18,22-25,27-30,38-39H,7-14,16-17H2,1-6H3/t18-,22+,23-,24+,25+,27-,28+,29+,30+,31+,32+,33-,34-/m0/s1. The van der Waals surface area contributed by atoms with Gasteiger partial charge in [-0.2, -0.15) is 0 Å². The van der Waals surface area contributed by atoms with Crippen molar-refractivity contribution in [2.75, 3.05) is 13.7 Å². The first kappa shape index (κ1) is 32.9. The minimum atomic E-state index is -1.01. The average Bonchev–Trinajstić information content (AvgIpc) is 3.51. The van der Waals surface area contributed by atoms with Crippen LogP contribution >= 0.6 is 0 Å². The molecule has 5 fully saturated rings. The average molecular weight is 635 g/mol. The Hall–Kier alpha value is -2.05. The Kier molecular flexibility index (Phi) is 8.46. The van der Waals surface area contributed by atoms with Gasteiger partial charge in [0.2, 0.25) is 0 Å². The van der Waals surface area contributed by atoms with E-state index in [0.717, 1.165) is 24.8 Å². The predicted octanol–water partition coefficient (Wildman–Crippen LogP) is 3.37. The molecule has 252 valence electrons. The second-order valence-electron chi connectivity index (χ2n) is 15.1. The predicted molar refractivity (Wildman–Crippen MR) is 158 cm³/mol. The number of esters is 3. The van der Waals surface area contributed by atoms with Crippen LogP contribution in [-0.4, -0.2) is 89.8 Å². The summed E-state index contributed by atoms with van der Waals surface area (Å²) in [5.74, 6) is -1.01. The van der Waals surface area contributed by atoms with Gasteiger partial charge in [-0.1, -0.05) is 13.8 Å². The van der Waals surface area contributed by atoms with Crippen LogP contribution in [0.15, 0.2) is 11.6 Å². The van der Waals surface area contributed by atoms with Gasteiger partial charge in [-0.15, -0.1) is 0 Å². The molecular formula is C34H50O11. The van der Waals surface area contributed by atoms with E-state index in [9.17, 15) is 24.6 Å². The summed E-state index contributed by atoms with van der Waals surface area (Å²) in [6.45, 7) is 9.06. The molecule has 45 heavy (non-hydrogen) atoms. The molecule has 1 saturated heterocycles. The number of methoxy groups -OCH3 is 1. The zero-order valence-corrected chi connectivity index (χ0v) is 27.4. The van der Waals surface area contributed by atoms with Gasteiger partial charge in [-0.05, 0) is 87.0 Å². The molecule has 0 radical (unpaired) electrons. The van der Waals surface area contributed by atoms with E-state index >= 15 is 0 Å². The van der Waals surface area contributed by atoms with Gasteiger partial charge >= 0.3 is 17.9 Å². The molecule has 6 aliphatic rings. The van der Waals surface area contributed by atoms with Crippen molar-refractivity contribution >= 4 is 17.9 Å². The lowest BCUT2D eigenvalue weighted by molar-refractivity contribution is -0.324. The van der Waals surface area contributed by atoms with Crippen LogP contribution < -0.4 is 0 Å². The minimum absolute atomic E-state index is 0.0548. The summed E-state index contributed by atoms with van der Waals surface area (Å²) < 4.78 is 34.7. The van der Waals surface area contributed by atoms with Crippen molar-refractivity contribution in [3.63, 3.8) is 0 Å². The number of carbonyl (C=O) groups is 3. The van der Waals surface area contributed by atoms with Crippen molar-refractivity contribution in [2.24, 2.45) is 28.6 Å². The van der Waals surface area contributed by atoms with Gasteiger partial charge < -0.3 is 38.6 Å². The maximum Gasteiger partial charge on any atom is 0.331 e. The fraction of sp³-hybridized carbons (Fsp3) is 0.853. The van der Waals surface area contributed by atoms with E-state index in [4.69, 9.17) is 28.4 Å². The molecule has 2 N–H and O–H groups in total. The molecule has 0 amide bonds. The molecule has 13 atom stereocenters. The quantitative estimate of drug-likeness (QED) is 0.252. The van der Waals surface area contributed by atoms with Crippen molar-refractivity contribution in [1.29, 1.82) is 0 Å². The van der Waals surface area contributed by atoms with Crippen LogP contribution in [0.2, 0.25) is 0 Å². The van der Waals surface area contributed by atoms with Crippen molar-refractivity contribution in [2.45, 2.75) is 140 Å². The summed E-state index contributed by atoms with van der Waals surface area (Å²) >= 11 is 0. The molecule has 0 aromatic heterocycles. The number of fused-ring (bicyclic) bond motifs is 5. The Balaban J connectivity index is 1.19. The van der Waals surface area contributed by atoms with Gasteiger partial charge in [0.1, 0.15) is 12.7 Å². The Morgan fingerprint density at radius 3 is 2.20 bits per heavy atom. The molecule has 4 saturated carbocycles. The molecule has 0 aromatic rings. The van der Waals surface area contributed by atoms with Crippen LogP contribution in [0, 0.1) is 28.6 Å². The molecular weight excluding hydrogens is 584 g/mol. The van der Waals surface area contributed by atoms with E-state index in [2.05, 4.69) is 13.8 Å². The van der Waals surface area contributed by atoms with E-state index in [1.54, 1.807) is 13.0 Å². The third kappa shape index (κ3) is 5.16.